The molecule has 31 heavy (non-hydrogen) atoms. The number of nitrogens with two attached hydrogens (primary N) is 1. The van der Waals surface area contributed by atoms with E-state index >= 15 is 8.78 Å². The number of phosphoric acid groups is 1. The van der Waals surface area contributed by atoms with Crippen molar-refractivity contribution in [3.63, 3.8) is 0 Å². The average Bonchev–Trinajstić information content (AvgIpc) is 2.97. The van der Waals surface area contributed by atoms with Gasteiger partial charge in [-0.25, -0.2) is 9.36 Å². The molecule has 3 unspecified atom stereocenters. The van der Waals surface area contributed by atoms with Gasteiger partial charge in [-0.3, -0.25) is 18.1 Å². The molecule has 0 radical (unpaired) electrons. The van der Waals surface area contributed by atoms with Crippen LogP contribution in [0.1, 0.15) is 6.23 Å². The van der Waals surface area contributed by atoms with Crippen molar-refractivity contribution in [3.8, 4) is 12.3 Å². The second-order valence-electron chi connectivity index (χ2n) is 6.78. The molecule has 0 aromatic carbocycles. The van der Waals surface area contributed by atoms with E-state index in [0.717, 1.165) is 6.20 Å². The zero-order chi connectivity index (χ0) is 22.2. The fourth-order valence-electron chi connectivity index (χ4n) is 3.25. The van der Waals surface area contributed by atoms with Crippen molar-refractivity contribution in [2.45, 2.75) is 36.6 Å². The van der Waals surface area contributed by atoms with Crippen LogP contribution in [-0.2, 0) is 27.6 Å². The van der Waals surface area contributed by atoms with Crippen LogP contribution in [0.3, 0.4) is 0 Å². The molecule has 3 saturated heterocycles. The number of aromatic nitrogens is 2. The van der Waals surface area contributed by atoms with Gasteiger partial charge in [0.05, 0.1) is 12.7 Å². The van der Waals surface area contributed by atoms with Crippen LogP contribution in [0, 0.1) is 12.3 Å². The van der Waals surface area contributed by atoms with Crippen LogP contribution in [0.15, 0.2) is 17.1 Å². The lowest BCUT2D eigenvalue weighted by atomic mass is 10.1. The summed E-state index contributed by atoms with van der Waals surface area (Å²) in [7, 11) is -1.41. The maximum atomic E-state index is 15.1. The summed E-state index contributed by atoms with van der Waals surface area (Å²) in [5.41, 5.74) is 4.38. The summed E-state index contributed by atoms with van der Waals surface area (Å²) in [6, 6.07) is 1.18. The molecule has 6 atom stereocenters. The molecule has 3 aliphatic rings. The van der Waals surface area contributed by atoms with E-state index in [4.69, 9.17) is 35.2 Å². The minimum Gasteiger partial charge on any atom is -0.383 e. The summed E-state index contributed by atoms with van der Waals surface area (Å²) in [5.74, 6) is -0.652. The van der Waals surface area contributed by atoms with Crippen molar-refractivity contribution in [1.29, 1.82) is 0 Å². The highest BCUT2D eigenvalue weighted by Gasteiger charge is 2.65. The molecule has 1 aromatic heterocycles. The monoisotopic (exact) mass is 497 g/mol. The minimum atomic E-state index is -4.38. The lowest BCUT2D eigenvalue weighted by Gasteiger charge is -2.36. The predicted molar refractivity (Wildman–Crippen MR) is 109 cm³/mol. The van der Waals surface area contributed by atoms with Gasteiger partial charge < -0.3 is 15.2 Å². The van der Waals surface area contributed by atoms with Crippen LogP contribution < -0.4 is 11.4 Å². The molecule has 2 N–H and O–H groups in total. The third kappa shape index (κ3) is 4.65. The highest BCUT2D eigenvalue weighted by Crippen LogP contribution is 2.61. The first kappa shape index (κ1) is 23.0. The SMILES string of the molecule is C#CCOC1CSSC[C@@H]1OP1(=O)OCC2O[C@@H](n3ccc(N)nc3=O)C(F)(F)[C@@H]2O1. The maximum Gasteiger partial charge on any atom is 0.475 e. The van der Waals surface area contributed by atoms with Gasteiger partial charge in [-0.1, -0.05) is 27.5 Å². The van der Waals surface area contributed by atoms with Crippen LogP contribution in [0.4, 0.5) is 14.6 Å². The smallest absolute Gasteiger partial charge is 0.383 e. The van der Waals surface area contributed by atoms with Crippen LogP contribution in [-0.4, -0.2) is 64.6 Å². The largest absolute Gasteiger partial charge is 0.475 e. The van der Waals surface area contributed by atoms with E-state index in [2.05, 4.69) is 10.9 Å². The van der Waals surface area contributed by atoms with Gasteiger partial charge in [0, 0.05) is 17.7 Å². The van der Waals surface area contributed by atoms with Crippen LogP contribution in [0.5, 0.6) is 0 Å². The Kier molecular flexibility index (Phi) is 6.67. The van der Waals surface area contributed by atoms with Crippen molar-refractivity contribution >= 4 is 35.2 Å². The Morgan fingerprint density at radius 3 is 2.87 bits per heavy atom. The van der Waals surface area contributed by atoms with E-state index in [1.807, 2.05) is 0 Å². The molecule has 170 valence electrons. The van der Waals surface area contributed by atoms with Crippen molar-refractivity contribution in [2.75, 3.05) is 30.5 Å². The number of fused-ring (bicyclic) bond motifs is 1. The summed E-state index contributed by atoms with van der Waals surface area (Å²) < 4.78 is 70.5. The molecule has 0 amide bonds. The summed E-state index contributed by atoms with van der Waals surface area (Å²) >= 11 is 0. The molecular weight excluding hydrogens is 479 g/mol. The number of alkyl halides is 2. The second-order valence-corrected chi connectivity index (χ2v) is 10.9. The topological polar surface area (TPSA) is 124 Å². The molecular formula is C16H18F2N3O7PS2. The van der Waals surface area contributed by atoms with E-state index < -0.39 is 56.7 Å². The van der Waals surface area contributed by atoms with Gasteiger partial charge in [-0.2, -0.15) is 13.8 Å². The number of phosphoric ester groups is 1. The maximum absolute atomic E-state index is 15.1. The highest BCUT2D eigenvalue weighted by atomic mass is 33.1. The summed E-state index contributed by atoms with van der Waals surface area (Å²) in [4.78, 5) is 15.4. The Bertz CT molecular complexity index is 977. The molecule has 0 spiro atoms. The number of rotatable bonds is 5. The standard InChI is InChI=1S/C16H18F2N3O7PS2/c1-2-5-24-10-7-30-31-8-11(10)27-29(23)25-6-9-13(28-29)16(17,18)14(26-9)21-4-3-12(19)20-15(21)22/h1,3-4,9-11,13-14H,5-8H2,(H2,19,20,22)/t9?,10?,11-,13+,14+,29?/m0/s1. The molecule has 3 aliphatic heterocycles. The fraction of sp³-hybridized carbons (Fsp3) is 0.625. The average molecular weight is 497 g/mol. The van der Waals surface area contributed by atoms with E-state index in [1.165, 1.54) is 27.7 Å². The number of terminal acetylenes is 1. The summed E-state index contributed by atoms with van der Waals surface area (Å²) in [5, 5.41) is 0. The Morgan fingerprint density at radius 2 is 2.16 bits per heavy atom. The molecule has 0 saturated carbocycles. The number of nitrogens with zero attached hydrogens (tertiary/aromatic N) is 2. The van der Waals surface area contributed by atoms with Gasteiger partial charge in [-0.05, 0) is 6.07 Å². The normalized spacial score (nSPS) is 37.1. The number of hydrogen-bond donors (Lipinski definition) is 1. The van der Waals surface area contributed by atoms with Crippen molar-refractivity contribution < 1.29 is 36.4 Å². The zero-order valence-corrected chi connectivity index (χ0v) is 18.3. The van der Waals surface area contributed by atoms with Crippen LogP contribution in [0.25, 0.3) is 0 Å². The first-order valence-corrected chi connectivity index (χ1v) is 13.0. The van der Waals surface area contributed by atoms with Crippen LogP contribution in [0.2, 0.25) is 0 Å². The van der Waals surface area contributed by atoms with E-state index in [9.17, 15) is 9.36 Å². The zero-order valence-electron chi connectivity index (χ0n) is 15.8. The third-order valence-electron chi connectivity index (χ3n) is 4.70. The Morgan fingerprint density at radius 1 is 1.42 bits per heavy atom. The number of halogens is 2. The summed E-state index contributed by atoms with van der Waals surface area (Å²) in [6.07, 6.45) is -0.273. The van der Waals surface area contributed by atoms with Crippen molar-refractivity contribution in [1.82, 2.24) is 9.55 Å². The van der Waals surface area contributed by atoms with Gasteiger partial charge in [0.1, 0.15) is 24.6 Å². The van der Waals surface area contributed by atoms with Crippen molar-refractivity contribution in [2.24, 2.45) is 0 Å². The van der Waals surface area contributed by atoms with Gasteiger partial charge in [0.25, 0.3) is 0 Å². The quantitative estimate of drug-likeness (QED) is 0.363. The van der Waals surface area contributed by atoms with E-state index in [0.29, 0.717) is 16.1 Å². The number of ether oxygens (including phenoxy) is 2. The molecule has 3 fully saturated rings. The lowest BCUT2D eigenvalue weighted by molar-refractivity contribution is -0.140. The highest BCUT2D eigenvalue weighted by molar-refractivity contribution is 8.76. The molecule has 4 rings (SSSR count). The first-order valence-electron chi connectivity index (χ1n) is 9.02. The molecule has 0 bridgehead atoms. The first-order chi connectivity index (χ1) is 14.7. The van der Waals surface area contributed by atoms with Gasteiger partial charge >= 0.3 is 19.4 Å². The molecule has 0 aliphatic carbocycles. The lowest BCUT2D eigenvalue weighted by Crippen LogP contribution is -2.46. The fourth-order valence-corrected chi connectivity index (χ4v) is 7.38. The van der Waals surface area contributed by atoms with E-state index in [-0.39, 0.29) is 12.4 Å². The molecule has 10 nitrogen and oxygen atoms in total. The van der Waals surface area contributed by atoms with Crippen LogP contribution >= 0.6 is 29.4 Å². The third-order valence-corrected chi connectivity index (χ3v) is 8.59. The minimum absolute atomic E-state index is 0.0183. The van der Waals surface area contributed by atoms with Crippen molar-refractivity contribution in [3.05, 3.63) is 22.7 Å². The number of nitrogen functional groups attached to an aromatic ring is 1. The Hall–Kier alpha value is -1.17. The number of anilines is 1. The Labute approximate surface area is 183 Å². The van der Waals surface area contributed by atoms with E-state index in [1.54, 1.807) is 0 Å². The number of hydrogen-bond acceptors (Lipinski definition) is 11. The van der Waals surface area contributed by atoms with Gasteiger partial charge in [-0.15, -0.1) is 6.42 Å². The summed E-state index contributed by atoms with van der Waals surface area (Å²) in [6.45, 7) is -0.458. The van der Waals surface area contributed by atoms with Gasteiger partial charge in [0.2, 0.25) is 6.23 Å². The Balaban J connectivity index is 1.51. The van der Waals surface area contributed by atoms with Gasteiger partial charge in [0.15, 0.2) is 6.10 Å². The molecule has 4 heterocycles. The molecule has 15 heteroatoms. The predicted octanol–water partition coefficient (Wildman–Crippen LogP) is 1.68. The second kappa shape index (κ2) is 8.99. The molecule has 1 aromatic rings.